The molecule has 14 heavy (non-hydrogen) atoms. The molecule has 72 valence electrons. The molecular weight excluding hydrogens is 180 g/mol. The van der Waals surface area contributed by atoms with E-state index in [1.54, 1.807) is 12.4 Å². The number of nitrogens with zero attached hydrogens (tertiary/aromatic N) is 3. The van der Waals surface area contributed by atoms with Crippen LogP contribution in [0.3, 0.4) is 0 Å². The van der Waals surface area contributed by atoms with E-state index in [4.69, 9.17) is 0 Å². The first-order valence-corrected chi connectivity index (χ1v) is 4.37. The molecule has 0 saturated heterocycles. The van der Waals surface area contributed by atoms with Gasteiger partial charge in [-0.2, -0.15) is 5.10 Å². The van der Waals surface area contributed by atoms with Crippen molar-refractivity contribution in [2.24, 2.45) is 0 Å². The van der Waals surface area contributed by atoms with E-state index in [1.165, 1.54) is 6.20 Å². The van der Waals surface area contributed by atoms with Crippen LogP contribution in [-0.2, 0) is 6.54 Å². The van der Waals surface area contributed by atoms with Gasteiger partial charge in [-0.25, -0.2) is 4.98 Å². The lowest BCUT2D eigenvalue weighted by molar-refractivity contribution is 0.660. The molecule has 0 aromatic carbocycles. The molecule has 0 radical (unpaired) electrons. The van der Waals surface area contributed by atoms with E-state index in [9.17, 15) is 4.79 Å². The van der Waals surface area contributed by atoms with Crippen LogP contribution in [0, 0.1) is 0 Å². The largest absolute Gasteiger partial charge is 0.326 e. The summed E-state index contributed by atoms with van der Waals surface area (Å²) in [5.41, 5.74) is 1.43. The SMILES string of the molecule is CCn1cc(-c2c[nH]c(=O)cn2)cn1. The Labute approximate surface area is 80.4 Å². The predicted molar refractivity (Wildman–Crippen MR) is 51.8 cm³/mol. The van der Waals surface area contributed by atoms with Crippen molar-refractivity contribution < 1.29 is 0 Å². The van der Waals surface area contributed by atoms with Gasteiger partial charge in [0.1, 0.15) is 0 Å². The summed E-state index contributed by atoms with van der Waals surface area (Å²) in [6, 6.07) is 0. The molecule has 0 fully saturated rings. The molecule has 0 atom stereocenters. The minimum atomic E-state index is -0.198. The molecule has 0 bridgehead atoms. The zero-order chi connectivity index (χ0) is 9.97. The summed E-state index contributed by atoms with van der Waals surface area (Å²) in [6.07, 6.45) is 6.46. The number of H-pyrrole nitrogens is 1. The number of nitrogens with one attached hydrogen (secondary N) is 1. The Balaban J connectivity index is 2.39. The number of rotatable bonds is 2. The summed E-state index contributed by atoms with van der Waals surface area (Å²) >= 11 is 0. The summed E-state index contributed by atoms with van der Waals surface area (Å²) < 4.78 is 1.81. The Morgan fingerprint density at radius 2 is 2.36 bits per heavy atom. The smallest absolute Gasteiger partial charge is 0.266 e. The second-order valence-corrected chi connectivity index (χ2v) is 2.88. The summed E-state index contributed by atoms with van der Waals surface area (Å²) in [5.74, 6) is 0. The molecule has 5 nitrogen and oxygen atoms in total. The van der Waals surface area contributed by atoms with E-state index in [2.05, 4.69) is 15.1 Å². The average molecular weight is 190 g/mol. The maximum atomic E-state index is 10.8. The number of hydrogen-bond donors (Lipinski definition) is 1. The zero-order valence-corrected chi connectivity index (χ0v) is 7.77. The van der Waals surface area contributed by atoms with Gasteiger partial charge in [-0.05, 0) is 6.92 Å². The molecule has 0 spiro atoms. The number of aryl methyl sites for hydroxylation is 1. The maximum Gasteiger partial charge on any atom is 0.266 e. The molecule has 0 unspecified atom stereocenters. The molecule has 0 amide bonds. The van der Waals surface area contributed by atoms with Crippen LogP contribution in [0.5, 0.6) is 0 Å². The first-order valence-electron chi connectivity index (χ1n) is 4.37. The first kappa shape index (κ1) is 8.68. The molecule has 2 aromatic heterocycles. The molecule has 2 aromatic rings. The lowest BCUT2D eigenvalue weighted by Gasteiger charge is -1.93. The Kier molecular flexibility index (Phi) is 2.14. The zero-order valence-electron chi connectivity index (χ0n) is 7.77. The van der Waals surface area contributed by atoms with E-state index in [-0.39, 0.29) is 5.56 Å². The van der Waals surface area contributed by atoms with Gasteiger partial charge in [-0.15, -0.1) is 0 Å². The number of aromatic amines is 1. The lowest BCUT2D eigenvalue weighted by Crippen LogP contribution is -2.04. The second-order valence-electron chi connectivity index (χ2n) is 2.88. The highest BCUT2D eigenvalue weighted by Crippen LogP contribution is 2.12. The third kappa shape index (κ3) is 1.56. The normalized spacial score (nSPS) is 10.4. The number of aromatic nitrogens is 4. The molecular formula is C9H10N4O. The quantitative estimate of drug-likeness (QED) is 0.756. The van der Waals surface area contributed by atoms with Crippen molar-refractivity contribution in [1.82, 2.24) is 19.7 Å². The van der Waals surface area contributed by atoms with Crippen molar-refractivity contribution in [3.05, 3.63) is 35.1 Å². The van der Waals surface area contributed by atoms with Crippen molar-refractivity contribution in [2.45, 2.75) is 13.5 Å². The van der Waals surface area contributed by atoms with Gasteiger partial charge in [-0.3, -0.25) is 9.48 Å². The van der Waals surface area contributed by atoms with Crippen LogP contribution in [0.25, 0.3) is 11.3 Å². The standard InChI is InChI=1S/C9H10N4O/c1-2-13-6-7(3-12-13)8-4-11-9(14)5-10-8/h3-6H,2H2,1H3,(H,11,14). The van der Waals surface area contributed by atoms with Crippen molar-refractivity contribution >= 4 is 0 Å². The van der Waals surface area contributed by atoms with Crippen LogP contribution in [-0.4, -0.2) is 19.7 Å². The topological polar surface area (TPSA) is 63.6 Å². The van der Waals surface area contributed by atoms with Gasteiger partial charge in [0.05, 0.1) is 18.1 Å². The van der Waals surface area contributed by atoms with Gasteiger partial charge >= 0.3 is 0 Å². The number of hydrogen-bond acceptors (Lipinski definition) is 3. The predicted octanol–water partition coefficient (Wildman–Crippen LogP) is 0.653. The molecule has 1 N–H and O–H groups in total. The first-order chi connectivity index (χ1) is 6.79. The van der Waals surface area contributed by atoms with Gasteiger partial charge in [-0.1, -0.05) is 0 Å². The summed E-state index contributed by atoms with van der Waals surface area (Å²) in [4.78, 5) is 17.3. The highest BCUT2D eigenvalue weighted by Gasteiger charge is 2.01. The Hall–Kier alpha value is -1.91. The van der Waals surface area contributed by atoms with Crippen LogP contribution < -0.4 is 5.56 Å². The van der Waals surface area contributed by atoms with Gasteiger partial charge in [0.2, 0.25) is 0 Å². The van der Waals surface area contributed by atoms with Gasteiger partial charge in [0, 0.05) is 24.5 Å². The van der Waals surface area contributed by atoms with Crippen LogP contribution >= 0.6 is 0 Å². The van der Waals surface area contributed by atoms with Gasteiger partial charge < -0.3 is 4.98 Å². The molecule has 0 aliphatic heterocycles. The van der Waals surface area contributed by atoms with E-state index in [0.29, 0.717) is 0 Å². The summed E-state index contributed by atoms with van der Waals surface area (Å²) in [7, 11) is 0. The van der Waals surface area contributed by atoms with Crippen LogP contribution in [0.15, 0.2) is 29.6 Å². The van der Waals surface area contributed by atoms with Gasteiger partial charge in [0.15, 0.2) is 0 Å². The molecule has 0 saturated carbocycles. The van der Waals surface area contributed by atoms with Crippen molar-refractivity contribution in [3.8, 4) is 11.3 Å². The third-order valence-corrected chi connectivity index (χ3v) is 1.93. The lowest BCUT2D eigenvalue weighted by atomic mass is 10.3. The fourth-order valence-corrected chi connectivity index (χ4v) is 1.17. The van der Waals surface area contributed by atoms with E-state index in [1.807, 2.05) is 17.8 Å². The summed E-state index contributed by atoms with van der Waals surface area (Å²) in [6.45, 7) is 2.83. The Morgan fingerprint density at radius 1 is 1.50 bits per heavy atom. The average Bonchev–Trinajstić information content (AvgIpc) is 2.67. The van der Waals surface area contributed by atoms with Crippen molar-refractivity contribution in [2.75, 3.05) is 0 Å². The highest BCUT2D eigenvalue weighted by molar-refractivity contribution is 5.55. The fraction of sp³-hybridized carbons (Fsp3) is 0.222. The van der Waals surface area contributed by atoms with Crippen molar-refractivity contribution in [1.29, 1.82) is 0 Å². The minimum Gasteiger partial charge on any atom is -0.326 e. The monoisotopic (exact) mass is 190 g/mol. The molecule has 5 heteroatoms. The van der Waals surface area contributed by atoms with E-state index < -0.39 is 0 Å². The third-order valence-electron chi connectivity index (χ3n) is 1.93. The van der Waals surface area contributed by atoms with Crippen molar-refractivity contribution in [3.63, 3.8) is 0 Å². The fourth-order valence-electron chi connectivity index (χ4n) is 1.17. The van der Waals surface area contributed by atoms with Crippen LogP contribution in [0.1, 0.15) is 6.92 Å². The Bertz CT molecular complexity index is 465. The molecule has 0 aliphatic carbocycles. The minimum absolute atomic E-state index is 0.198. The summed E-state index contributed by atoms with van der Waals surface area (Å²) in [5, 5.41) is 4.12. The Morgan fingerprint density at radius 3 is 2.93 bits per heavy atom. The van der Waals surface area contributed by atoms with E-state index in [0.717, 1.165) is 17.8 Å². The second kappa shape index (κ2) is 3.45. The molecule has 2 rings (SSSR count). The van der Waals surface area contributed by atoms with Crippen LogP contribution in [0.4, 0.5) is 0 Å². The van der Waals surface area contributed by atoms with Crippen LogP contribution in [0.2, 0.25) is 0 Å². The van der Waals surface area contributed by atoms with E-state index >= 15 is 0 Å². The van der Waals surface area contributed by atoms with Gasteiger partial charge in [0.25, 0.3) is 5.56 Å². The maximum absolute atomic E-state index is 10.8. The molecule has 0 aliphatic rings. The highest BCUT2D eigenvalue weighted by atomic mass is 16.1. The molecule has 2 heterocycles.